The quantitative estimate of drug-likeness (QED) is 0.282. The van der Waals surface area contributed by atoms with E-state index in [1.54, 1.807) is 6.07 Å². The maximum atomic E-state index is 13.5. The number of carbonyl (C=O) groups excluding carboxylic acids is 2. The number of amides is 1. The van der Waals surface area contributed by atoms with Gasteiger partial charge in [-0.2, -0.15) is 5.26 Å². The number of Topliss-reactive ketones (excluding diaryl/α,β-unsaturated/α-hetero) is 1. The molecule has 0 saturated heterocycles. The van der Waals surface area contributed by atoms with Crippen LogP contribution in [0.3, 0.4) is 0 Å². The van der Waals surface area contributed by atoms with Gasteiger partial charge >= 0.3 is 0 Å². The van der Waals surface area contributed by atoms with E-state index in [-0.39, 0.29) is 18.3 Å². The van der Waals surface area contributed by atoms with Gasteiger partial charge in [0.1, 0.15) is 6.61 Å². The first-order valence-electron chi connectivity index (χ1n) is 13.5. The summed E-state index contributed by atoms with van der Waals surface area (Å²) in [7, 11) is 0. The van der Waals surface area contributed by atoms with Gasteiger partial charge in [0.15, 0.2) is 17.3 Å². The Balaban J connectivity index is 1.68. The molecule has 40 heavy (non-hydrogen) atoms. The largest absolute Gasteiger partial charge is 0.490 e. The fraction of sp³-hybridized carbons (Fsp3) is 0.344. The van der Waals surface area contributed by atoms with Crippen LogP contribution in [-0.4, -0.2) is 18.3 Å². The zero-order chi connectivity index (χ0) is 28.8. The van der Waals surface area contributed by atoms with Crippen LogP contribution < -0.4 is 20.1 Å². The van der Waals surface area contributed by atoms with E-state index in [1.165, 1.54) is 6.08 Å². The third-order valence-corrected chi connectivity index (χ3v) is 7.75. The highest BCUT2D eigenvalue weighted by Crippen LogP contribution is 2.47. The number of anilines is 1. The topological polar surface area (TPSA) is 100 Å². The fourth-order valence-corrected chi connectivity index (χ4v) is 6.03. The average Bonchev–Trinajstić information content (AvgIpc) is 2.92. The van der Waals surface area contributed by atoms with Crippen molar-refractivity contribution < 1.29 is 19.1 Å². The number of rotatable bonds is 10. The van der Waals surface area contributed by atoms with Gasteiger partial charge in [-0.1, -0.05) is 32.1 Å². The molecule has 2 N–H and O–H groups in total. The molecule has 2 atom stereocenters. The first kappa shape index (κ1) is 29.2. The van der Waals surface area contributed by atoms with Crippen LogP contribution in [-0.2, 0) is 16.2 Å². The van der Waals surface area contributed by atoms with Crippen molar-refractivity contribution in [3.63, 3.8) is 0 Å². The number of allylic oxidation sites excluding steroid dienone is 4. The molecule has 0 saturated carbocycles. The summed E-state index contributed by atoms with van der Waals surface area (Å²) in [5.41, 5.74) is 5.20. The average molecular weight is 605 g/mol. The van der Waals surface area contributed by atoms with Crippen molar-refractivity contribution in [1.82, 2.24) is 5.32 Å². The van der Waals surface area contributed by atoms with Crippen LogP contribution in [0.15, 0.2) is 76.1 Å². The number of dihydropyridines is 1. The lowest BCUT2D eigenvalue weighted by molar-refractivity contribution is -0.117. The molecule has 2 aromatic carbocycles. The number of halogens is 1. The lowest BCUT2D eigenvalue weighted by Gasteiger charge is -2.35. The number of benzene rings is 2. The van der Waals surface area contributed by atoms with Crippen molar-refractivity contribution in [2.45, 2.75) is 59.0 Å². The third kappa shape index (κ3) is 6.31. The number of ether oxygens (including phenoxy) is 2. The summed E-state index contributed by atoms with van der Waals surface area (Å²) in [4.78, 5) is 25.2. The first-order chi connectivity index (χ1) is 19.3. The van der Waals surface area contributed by atoms with Crippen LogP contribution in [0.1, 0.15) is 63.5 Å². The normalized spacial score (nSPS) is 18.4. The Hall–Kier alpha value is -3.83. The predicted molar refractivity (Wildman–Crippen MR) is 159 cm³/mol. The SMILES string of the molecule is C=CC(=O)Nc1cccc(COc2c(Br)cc(C3C(C#N)=C(C)NC4=C3C(=O)CC(CCC)C4)cc2OCC)c1. The van der Waals surface area contributed by atoms with Gasteiger partial charge in [0.2, 0.25) is 5.91 Å². The first-order valence-corrected chi connectivity index (χ1v) is 14.3. The summed E-state index contributed by atoms with van der Waals surface area (Å²) in [5.74, 6) is 0.675. The zero-order valence-corrected chi connectivity index (χ0v) is 24.7. The second-order valence-electron chi connectivity index (χ2n) is 10.0. The molecule has 208 valence electrons. The van der Waals surface area contributed by atoms with Crippen molar-refractivity contribution in [3.8, 4) is 17.6 Å². The maximum Gasteiger partial charge on any atom is 0.247 e. The molecular weight excluding hydrogens is 570 g/mol. The van der Waals surface area contributed by atoms with Gasteiger partial charge in [-0.3, -0.25) is 9.59 Å². The van der Waals surface area contributed by atoms with Gasteiger partial charge in [-0.05, 0) is 90.0 Å². The Morgan fingerprint density at radius 2 is 2.05 bits per heavy atom. The zero-order valence-electron chi connectivity index (χ0n) is 23.1. The molecule has 0 aromatic heterocycles. The lowest BCUT2D eigenvalue weighted by atomic mass is 9.72. The number of hydrogen-bond donors (Lipinski definition) is 2. The molecule has 1 aliphatic carbocycles. The molecule has 7 nitrogen and oxygen atoms in total. The van der Waals surface area contributed by atoms with Crippen LogP contribution in [0, 0.1) is 17.2 Å². The molecule has 2 aromatic rings. The molecule has 2 aliphatic rings. The number of hydrogen-bond acceptors (Lipinski definition) is 6. The summed E-state index contributed by atoms with van der Waals surface area (Å²) in [6.45, 7) is 10.1. The molecule has 0 radical (unpaired) electrons. The molecule has 0 bridgehead atoms. The molecule has 0 spiro atoms. The summed E-state index contributed by atoms with van der Waals surface area (Å²) < 4.78 is 12.9. The second kappa shape index (κ2) is 13.0. The number of carbonyl (C=O) groups is 2. The third-order valence-electron chi connectivity index (χ3n) is 7.16. The van der Waals surface area contributed by atoms with E-state index in [9.17, 15) is 14.9 Å². The molecule has 4 rings (SSSR count). The van der Waals surface area contributed by atoms with Gasteiger partial charge in [0, 0.05) is 29.1 Å². The minimum Gasteiger partial charge on any atom is -0.490 e. The predicted octanol–water partition coefficient (Wildman–Crippen LogP) is 7.07. The standard InChI is InChI=1S/C32H34BrN3O4/c1-5-9-20-13-26-31(27(37)14-20)30(24(17-34)19(4)35-26)22-15-25(33)32(28(16-22)39-7-3)40-18-21-10-8-11-23(12-21)36-29(38)6-2/h6,8,10-12,15-16,20,30,35H,2,5,7,9,13-14,18H2,1,3-4H3,(H,36,38). The highest BCUT2D eigenvalue weighted by molar-refractivity contribution is 9.10. The van der Waals surface area contributed by atoms with Crippen molar-refractivity contribution in [3.05, 3.63) is 87.2 Å². The Morgan fingerprint density at radius 1 is 1.25 bits per heavy atom. The van der Waals surface area contributed by atoms with Gasteiger partial charge in [-0.15, -0.1) is 0 Å². The van der Waals surface area contributed by atoms with E-state index < -0.39 is 5.92 Å². The van der Waals surface area contributed by atoms with Crippen LogP contribution in [0.5, 0.6) is 11.5 Å². The monoisotopic (exact) mass is 603 g/mol. The number of nitrogens with one attached hydrogen (secondary N) is 2. The number of nitriles is 1. The van der Waals surface area contributed by atoms with E-state index in [0.29, 0.717) is 51.8 Å². The van der Waals surface area contributed by atoms with Crippen molar-refractivity contribution in [1.29, 1.82) is 5.26 Å². The summed E-state index contributed by atoms with van der Waals surface area (Å²) in [6, 6.07) is 13.5. The van der Waals surface area contributed by atoms with Crippen LogP contribution in [0.25, 0.3) is 0 Å². The van der Waals surface area contributed by atoms with Crippen LogP contribution in [0.4, 0.5) is 5.69 Å². The molecule has 2 unspecified atom stereocenters. The molecular formula is C32H34BrN3O4. The smallest absolute Gasteiger partial charge is 0.247 e. The highest BCUT2D eigenvalue weighted by atomic mass is 79.9. The summed E-state index contributed by atoms with van der Waals surface area (Å²) in [6.07, 6.45) is 4.54. The van der Waals surface area contributed by atoms with E-state index in [0.717, 1.165) is 41.8 Å². The molecule has 1 aliphatic heterocycles. The van der Waals surface area contributed by atoms with Crippen molar-refractivity contribution in [2.75, 3.05) is 11.9 Å². The van der Waals surface area contributed by atoms with Crippen molar-refractivity contribution >= 4 is 33.3 Å². The Bertz CT molecular complexity index is 1440. The molecule has 8 heteroatoms. The van der Waals surface area contributed by atoms with Crippen LogP contribution >= 0.6 is 15.9 Å². The Labute approximate surface area is 244 Å². The number of ketones is 1. The van der Waals surface area contributed by atoms with Gasteiger partial charge in [0.25, 0.3) is 0 Å². The Morgan fingerprint density at radius 3 is 2.75 bits per heavy atom. The second-order valence-corrected chi connectivity index (χ2v) is 10.9. The fourth-order valence-electron chi connectivity index (χ4n) is 5.46. The van der Waals surface area contributed by atoms with E-state index >= 15 is 0 Å². The number of nitrogens with zero attached hydrogens (tertiary/aromatic N) is 1. The summed E-state index contributed by atoms with van der Waals surface area (Å²) >= 11 is 3.67. The molecule has 1 heterocycles. The minimum absolute atomic E-state index is 0.0929. The highest BCUT2D eigenvalue weighted by Gasteiger charge is 2.39. The van der Waals surface area contributed by atoms with Gasteiger partial charge in [-0.25, -0.2) is 0 Å². The van der Waals surface area contributed by atoms with E-state index in [1.807, 2.05) is 44.2 Å². The van der Waals surface area contributed by atoms with Gasteiger partial charge < -0.3 is 20.1 Å². The molecule has 0 fully saturated rings. The Kier molecular flexibility index (Phi) is 9.49. The molecule has 1 amide bonds. The minimum atomic E-state index is -0.481. The maximum absolute atomic E-state index is 13.5. The van der Waals surface area contributed by atoms with Crippen LogP contribution in [0.2, 0.25) is 0 Å². The van der Waals surface area contributed by atoms with Gasteiger partial charge in [0.05, 0.1) is 28.6 Å². The van der Waals surface area contributed by atoms with Crippen molar-refractivity contribution in [2.24, 2.45) is 5.92 Å². The summed E-state index contributed by atoms with van der Waals surface area (Å²) in [5, 5.41) is 16.3. The lowest BCUT2D eigenvalue weighted by Crippen LogP contribution is -2.34. The van der Waals surface area contributed by atoms with E-state index in [4.69, 9.17) is 9.47 Å². The van der Waals surface area contributed by atoms with E-state index in [2.05, 4.69) is 46.1 Å².